The molecule has 1 unspecified atom stereocenters. The standard InChI is InChI=1S/C20H24ClN3O2.ClH/c1-13(20(25)23-18-10-15(21)8-9-19(18)26-2)24-11-16(17(22)12-24)14-6-4-3-5-7-14;/h3-10,13,16-17H,11-12,22H2,1-2H3,(H,23,25);1H/t13?,16-,17+;/m0./s1. The minimum absolute atomic E-state index is 0. The molecular formula is C20H25Cl2N3O2. The van der Waals surface area contributed by atoms with Crippen LogP contribution < -0.4 is 15.8 Å². The highest BCUT2D eigenvalue weighted by Crippen LogP contribution is 2.30. The first-order valence-corrected chi connectivity index (χ1v) is 9.06. The summed E-state index contributed by atoms with van der Waals surface area (Å²) in [5.41, 5.74) is 8.13. The van der Waals surface area contributed by atoms with Gasteiger partial charge in [0.1, 0.15) is 5.75 Å². The Bertz CT molecular complexity index is 773. The van der Waals surface area contributed by atoms with Crippen LogP contribution in [-0.2, 0) is 4.79 Å². The topological polar surface area (TPSA) is 67.6 Å². The summed E-state index contributed by atoms with van der Waals surface area (Å²) in [6.07, 6.45) is 0. The third kappa shape index (κ3) is 4.93. The molecule has 1 aliphatic heterocycles. The molecule has 0 saturated carbocycles. The van der Waals surface area contributed by atoms with E-state index in [-0.39, 0.29) is 36.3 Å². The zero-order valence-electron chi connectivity index (χ0n) is 15.4. The lowest BCUT2D eigenvalue weighted by atomic mass is 9.95. The number of nitrogens with one attached hydrogen (secondary N) is 1. The van der Waals surface area contributed by atoms with Crippen LogP contribution in [-0.4, -0.2) is 43.1 Å². The summed E-state index contributed by atoms with van der Waals surface area (Å²) in [4.78, 5) is 14.9. The third-order valence-corrected chi connectivity index (χ3v) is 5.20. The molecule has 27 heavy (non-hydrogen) atoms. The van der Waals surface area contributed by atoms with Crippen LogP contribution in [0.25, 0.3) is 0 Å². The van der Waals surface area contributed by atoms with Crippen molar-refractivity contribution in [2.24, 2.45) is 5.73 Å². The molecule has 1 saturated heterocycles. The van der Waals surface area contributed by atoms with Gasteiger partial charge >= 0.3 is 0 Å². The highest BCUT2D eigenvalue weighted by molar-refractivity contribution is 6.31. The summed E-state index contributed by atoms with van der Waals surface area (Å²) < 4.78 is 5.29. The van der Waals surface area contributed by atoms with Crippen LogP contribution in [0.15, 0.2) is 48.5 Å². The van der Waals surface area contributed by atoms with E-state index in [1.807, 2.05) is 25.1 Å². The summed E-state index contributed by atoms with van der Waals surface area (Å²) in [5.74, 6) is 0.703. The SMILES string of the molecule is COc1ccc(Cl)cc1NC(=O)C(C)N1C[C@@H](N)[C@H](c2ccccc2)C1.Cl. The van der Waals surface area contributed by atoms with Gasteiger partial charge in [0.25, 0.3) is 0 Å². The van der Waals surface area contributed by atoms with Crippen molar-refractivity contribution in [3.63, 3.8) is 0 Å². The van der Waals surface area contributed by atoms with E-state index in [1.54, 1.807) is 25.3 Å². The average molecular weight is 410 g/mol. The van der Waals surface area contributed by atoms with Crippen molar-refractivity contribution >= 4 is 35.6 Å². The lowest BCUT2D eigenvalue weighted by molar-refractivity contribution is -0.120. The van der Waals surface area contributed by atoms with E-state index >= 15 is 0 Å². The number of ether oxygens (including phenoxy) is 1. The van der Waals surface area contributed by atoms with Crippen molar-refractivity contribution in [1.29, 1.82) is 0 Å². The smallest absolute Gasteiger partial charge is 0.241 e. The lowest BCUT2D eigenvalue weighted by Gasteiger charge is -2.24. The average Bonchev–Trinajstić information content (AvgIpc) is 3.03. The van der Waals surface area contributed by atoms with Crippen LogP contribution in [0.1, 0.15) is 18.4 Å². The van der Waals surface area contributed by atoms with Crippen molar-refractivity contribution in [2.45, 2.75) is 24.9 Å². The molecule has 3 N–H and O–H groups in total. The Kier molecular flexibility index (Phi) is 7.50. The molecule has 3 atom stereocenters. The van der Waals surface area contributed by atoms with E-state index in [4.69, 9.17) is 22.1 Å². The van der Waals surface area contributed by atoms with Gasteiger partial charge in [-0.15, -0.1) is 12.4 Å². The molecule has 2 aromatic carbocycles. The number of carbonyl (C=O) groups excluding carboxylic acids is 1. The minimum atomic E-state index is -0.307. The van der Waals surface area contributed by atoms with Gasteiger partial charge in [-0.05, 0) is 30.7 Å². The number of nitrogens with zero attached hydrogens (tertiary/aromatic N) is 1. The fraction of sp³-hybridized carbons (Fsp3) is 0.350. The number of methoxy groups -OCH3 is 1. The number of carbonyl (C=O) groups is 1. The summed E-state index contributed by atoms with van der Waals surface area (Å²) in [7, 11) is 1.56. The first-order chi connectivity index (χ1) is 12.5. The first-order valence-electron chi connectivity index (χ1n) is 8.68. The van der Waals surface area contributed by atoms with Gasteiger partial charge in [-0.1, -0.05) is 41.9 Å². The van der Waals surface area contributed by atoms with Crippen molar-refractivity contribution in [2.75, 3.05) is 25.5 Å². The molecule has 0 aliphatic carbocycles. The Morgan fingerprint density at radius 1 is 1.26 bits per heavy atom. The predicted octanol–water partition coefficient (Wildman–Crippen LogP) is 3.52. The number of hydrogen-bond acceptors (Lipinski definition) is 4. The van der Waals surface area contributed by atoms with Gasteiger partial charge in [0.05, 0.1) is 18.8 Å². The number of halogens is 2. The number of likely N-dealkylation sites (tertiary alicyclic amines) is 1. The molecule has 0 spiro atoms. The maximum atomic E-state index is 12.7. The molecule has 0 aromatic heterocycles. The van der Waals surface area contributed by atoms with Crippen molar-refractivity contribution in [3.8, 4) is 5.75 Å². The van der Waals surface area contributed by atoms with Crippen LogP contribution in [0.5, 0.6) is 5.75 Å². The highest BCUT2D eigenvalue weighted by Gasteiger charge is 2.35. The fourth-order valence-corrected chi connectivity index (χ4v) is 3.58. The molecule has 1 heterocycles. The quantitative estimate of drug-likeness (QED) is 0.792. The van der Waals surface area contributed by atoms with Crippen molar-refractivity contribution in [1.82, 2.24) is 4.90 Å². The van der Waals surface area contributed by atoms with Gasteiger partial charge in [-0.2, -0.15) is 0 Å². The largest absolute Gasteiger partial charge is 0.495 e. The van der Waals surface area contributed by atoms with Crippen LogP contribution in [0, 0.1) is 0 Å². The Labute approximate surface area is 171 Å². The van der Waals surface area contributed by atoms with E-state index in [0.29, 0.717) is 23.0 Å². The molecule has 7 heteroatoms. The minimum Gasteiger partial charge on any atom is -0.495 e. The zero-order valence-corrected chi connectivity index (χ0v) is 17.0. The van der Waals surface area contributed by atoms with Gasteiger partial charge in [-0.25, -0.2) is 0 Å². The molecule has 2 aromatic rings. The van der Waals surface area contributed by atoms with Crippen molar-refractivity contribution in [3.05, 3.63) is 59.1 Å². The van der Waals surface area contributed by atoms with E-state index in [9.17, 15) is 4.79 Å². The van der Waals surface area contributed by atoms with Gasteiger partial charge in [0.2, 0.25) is 5.91 Å². The van der Waals surface area contributed by atoms with Crippen LogP contribution >= 0.6 is 24.0 Å². The Hall–Kier alpha value is -1.79. The maximum Gasteiger partial charge on any atom is 0.241 e. The predicted molar refractivity (Wildman–Crippen MR) is 112 cm³/mol. The first kappa shape index (κ1) is 21.5. The van der Waals surface area contributed by atoms with Crippen LogP contribution in [0.4, 0.5) is 5.69 Å². The summed E-state index contributed by atoms with van der Waals surface area (Å²) >= 11 is 6.04. The molecule has 1 aliphatic rings. The Balaban J connectivity index is 0.00000261. The fourth-order valence-electron chi connectivity index (χ4n) is 3.41. The molecule has 5 nitrogen and oxygen atoms in total. The van der Waals surface area contributed by atoms with E-state index in [1.165, 1.54) is 5.56 Å². The Morgan fingerprint density at radius 2 is 1.96 bits per heavy atom. The summed E-state index contributed by atoms with van der Waals surface area (Å²) in [6, 6.07) is 15.1. The van der Waals surface area contributed by atoms with Crippen LogP contribution in [0.3, 0.4) is 0 Å². The third-order valence-electron chi connectivity index (χ3n) is 4.97. The van der Waals surface area contributed by atoms with E-state index < -0.39 is 0 Å². The molecule has 1 amide bonds. The number of rotatable bonds is 5. The molecule has 0 bridgehead atoms. The molecule has 0 radical (unpaired) electrons. The van der Waals surface area contributed by atoms with E-state index in [0.717, 1.165) is 6.54 Å². The number of nitrogens with two attached hydrogens (primary N) is 1. The highest BCUT2D eigenvalue weighted by atomic mass is 35.5. The number of anilines is 1. The number of amides is 1. The van der Waals surface area contributed by atoms with Gasteiger partial charge in [-0.3, -0.25) is 9.69 Å². The molecule has 1 fully saturated rings. The second kappa shape index (κ2) is 9.42. The Morgan fingerprint density at radius 3 is 2.63 bits per heavy atom. The molecular weight excluding hydrogens is 385 g/mol. The normalized spacial score (nSPS) is 20.6. The van der Waals surface area contributed by atoms with E-state index in [2.05, 4.69) is 22.3 Å². The lowest BCUT2D eigenvalue weighted by Crippen LogP contribution is -2.41. The molecule has 146 valence electrons. The van der Waals surface area contributed by atoms with Crippen molar-refractivity contribution < 1.29 is 9.53 Å². The number of hydrogen-bond donors (Lipinski definition) is 2. The van der Waals surface area contributed by atoms with Gasteiger partial charge in [0, 0.05) is 30.1 Å². The van der Waals surface area contributed by atoms with Gasteiger partial charge < -0.3 is 15.8 Å². The van der Waals surface area contributed by atoms with Crippen LogP contribution in [0.2, 0.25) is 5.02 Å². The second-order valence-electron chi connectivity index (χ2n) is 6.64. The number of benzene rings is 2. The zero-order chi connectivity index (χ0) is 18.7. The molecule has 3 rings (SSSR count). The maximum absolute atomic E-state index is 12.7. The monoisotopic (exact) mass is 409 g/mol. The summed E-state index contributed by atoms with van der Waals surface area (Å²) in [5, 5.41) is 3.46. The summed E-state index contributed by atoms with van der Waals surface area (Å²) in [6.45, 7) is 3.33. The van der Waals surface area contributed by atoms with Gasteiger partial charge in [0.15, 0.2) is 0 Å². The second-order valence-corrected chi connectivity index (χ2v) is 7.08.